The summed E-state index contributed by atoms with van der Waals surface area (Å²) >= 11 is 1.91. The Morgan fingerprint density at radius 1 is 0.303 bits per heavy atom. The molecule has 0 bridgehead atoms. The van der Waals surface area contributed by atoms with Gasteiger partial charge in [0.1, 0.15) is 0 Å². The molecule has 1 nitrogen and oxygen atoms in total. The number of nitrogens with zero attached hydrogens (tertiary/aromatic N) is 1. The predicted octanol–water partition coefficient (Wildman–Crippen LogP) is 17.3. The van der Waals surface area contributed by atoms with E-state index in [0.29, 0.717) is 0 Å². The maximum Gasteiger partial charge on any atom is 0.0735 e. The van der Waals surface area contributed by atoms with E-state index < -0.39 is 5.41 Å². The lowest BCUT2D eigenvalue weighted by atomic mass is 9.63. The summed E-state index contributed by atoms with van der Waals surface area (Å²) in [5.41, 5.74) is 23.4. The maximum absolute atomic E-state index is 2.43. The second kappa shape index (κ2) is 15.0. The van der Waals surface area contributed by atoms with Crippen molar-refractivity contribution in [1.29, 1.82) is 0 Å². The first-order chi connectivity index (χ1) is 32.5. The van der Waals surface area contributed by atoms with Crippen LogP contribution in [-0.2, 0) is 10.8 Å². The molecular formula is C64H45NS. The maximum atomic E-state index is 2.43. The third-order valence-corrected chi connectivity index (χ3v) is 15.8. The summed E-state index contributed by atoms with van der Waals surface area (Å²) in [6, 6.07) is 88.3. The van der Waals surface area contributed by atoms with Gasteiger partial charge < -0.3 is 4.90 Å². The van der Waals surface area contributed by atoms with Crippen molar-refractivity contribution >= 4 is 28.8 Å². The van der Waals surface area contributed by atoms with Crippen LogP contribution in [0.2, 0.25) is 0 Å². The van der Waals surface area contributed by atoms with Crippen LogP contribution in [0.5, 0.6) is 0 Å². The highest BCUT2D eigenvalue weighted by atomic mass is 32.2. The molecule has 0 N–H and O–H groups in total. The van der Waals surface area contributed by atoms with Gasteiger partial charge in [-0.1, -0.05) is 220 Å². The monoisotopic (exact) mass is 859 g/mol. The van der Waals surface area contributed by atoms with E-state index in [9.17, 15) is 0 Å². The summed E-state index contributed by atoms with van der Waals surface area (Å²) in [7, 11) is 0. The van der Waals surface area contributed by atoms with E-state index in [-0.39, 0.29) is 5.41 Å². The molecule has 2 aliphatic carbocycles. The van der Waals surface area contributed by atoms with Crippen molar-refractivity contribution < 1.29 is 0 Å². The summed E-state index contributed by atoms with van der Waals surface area (Å²) in [4.78, 5) is 5.01. The lowest BCUT2D eigenvalue weighted by Gasteiger charge is -2.43. The van der Waals surface area contributed by atoms with Gasteiger partial charge in [0.2, 0.25) is 0 Å². The molecule has 0 unspecified atom stereocenters. The molecule has 0 saturated heterocycles. The van der Waals surface area contributed by atoms with E-state index in [1.54, 1.807) is 0 Å². The van der Waals surface area contributed by atoms with Gasteiger partial charge in [-0.05, 0) is 131 Å². The van der Waals surface area contributed by atoms with E-state index in [4.69, 9.17) is 0 Å². The number of benzene rings is 10. The van der Waals surface area contributed by atoms with Gasteiger partial charge in [-0.15, -0.1) is 0 Å². The summed E-state index contributed by atoms with van der Waals surface area (Å²) in [6.45, 7) is 4.73. The quantitative estimate of drug-likeness (QED) is 0.170. The fraction of sp³-hybridized carbons (Fsp3) is 0.0625. The predicted molar refractivity (Wildman–Crippen MR) is 276 cm³/mol. The van der Waals surface area contributed by atoms with Crippen LogP contribution in [0.25, 0.3) is 55.6 Å². The van der Waals surface area contributed by atoms with Crippen molar-refractivity contribution in [3.8, 4) is 55.6 Å². The Morgan fingerprint density at radius 2 is 0.742 bits per heavy atom. The number of hydrogen-bond acceptors (Lipinski definition) is 2. The van der Waals surface area contributed by atoms with Gasteiger partial charge in [0, 0.05) is 32.3 Å². The van der Waals surface area contributed by atoms with Crippen LogP contribution >= 0.6 is 11.8 Å². The van der Waals surface area contributed by atoms with Crippen molar-refractivity contribution in [1.82, 2.24) is 0 Å². The van der Waals surface area contributed by atoms with E-state index in [1.165, 1.54) is 98.8 Å². The van der Waals surface area contributed by atoms with Crippen molar-refractivity contribution in [2.24, 2.45) is 0 Å². The molecular weight excluding hydrogens is 815 g/mol. The molecule has 3 aliphatic rings. The topological polar surface area (TPSA) is 3.24 Å². The van der Waals surface area contributed by atoms with E-state index in [1.807, 2.05) is 11.8 Å². The molecule has 2 heteroatoms. The van der Waals surface area contributed by atoms with E-state index >= 15 is 0 Å². The first-order valence-corrected chi connectivity index (χ1v) is 23.8. The minimum atomic E-state index is -0.553. The van der Waals surface area contributed by atoms with Crippen molar-refractivity contribution in [2.45, 2.75) is 34.5 Å². The Hall–Kier alpha value is -7.65. The standard InChI is InChI=1S/C64H45NS/c1-63(2)55-25-11-8-23-53(55)54-40-39-47(41-60(54)63)65(45-35-31-43(32-36-45)42-17-4-3-5-18-42)46-37-33-44(34-38-46)48-24-16-29-59-62(48)66-61-30-15-14-28-58(61)64(59)56-26-12-9-21-51(56)49-19-6-7-20-50(49)52-22-10-13-27-57(52)64/h3-41H,1-2H3. The minimum absolute atomic E-state index is 0.115. The van der Waals surface area contributed by atoms with Gasteiger partial charge in [0.15, 0.2) is 0 Å². The van der Waals surface area contributed by atoms with Crippen molar-refractivity contribution in [3.05, 3.63) is 270 Å². The van der Waals surface area contributed by atoms with Gasteiger partial charge in [-0.25, -0.2) is 0 Å². The van der Waals surface area contributed by atoms with Gasteiger partial charge in [0.25, 0.3) is 0 Å². The zero-order valence-corrected chi connectivity index (χ0v) is 37.7. The van der Waals surface area contributed by atoms with Gasteiger partial charge in [-0.3, -0.25) is 0 Å². The lowest BCUT2D eigenvalue weighted by Crippen LogP contribution is -2.34. The number of rotatable bonds is 5. The van der Waals surface area contributed by atoms with E-state index in [0.717, 1.165) is 17.1 Å². The fourth-order valence-corrected chi connectivity index (χ4v) is 12.9. The number of fused-ring (bicyclic) bond motifs is 14. The average Bonchev–Trinajstić information content (AvgIpc) is 3.54. The second-order valence-electron chi connectivity index (χ2n) is 18.4. The molecule has 10 aromatic rings. The zero-order chi connectivity index (χ0) is 44.0. The Labute approximate surface area is 391 Å². The zero-order valence-electron chi connectivity index (χ0n) is 36.9. The third-order valence-electron chi connectivity index (χ3n) is 14.6. The van der Waals surface area contributed by atoms with Gasteiger partial charge in [0.05, 0.1) is 5.41 Å². The van der Waals surface area contributed by atoms with Crippen LogP contribution in [0.4, 0.5) is 17.1 Å². The Kier molecular flexibility index (Phi) is 8.79. The molecule has 13 rings (SSSR count). The smallest absolute Gasteiger partial charge is 0.0735 e. The molecule has 0 aromatic heterocycles. The van der Waals surface area contributed by atoms with Gasteiger partial charge >= 0.3 is 0 Å². The van der Waals surface area contributed by atoms with E-state index in [2.05, 4.69) is 255 Å². The molecule has 66 heavy (non-hydrogen) atoms. The third kappa shape index (κ3) is 5.68. The summed E-state index contributed by atoms with van der Waals surface area (Å²) < 4.78 is 0. The fourth-order valence-electron chi connectivity index (χ4n) is 11.6. The molecule has 1 heterocycles. The second-order valence-corrected chi connectivity index (χ2v) is 19.4. The highest BCUT2D eigenvalue weighted by Gasteiger charge is 2.48. The molecule has 0 amide bonds. The van der Waals surface area contributed by atoms with Crippen LogP contribution in [-0.4, -0.2) is 0 Å². The number of anilines is 3. The highest BCUT2D eigenvalue weighted by Crippen LogP contribution is 2.62. The molecule has 10 aromatic carbocycles. The summed E-state index contributed by atoms with van der Waals surface area (Å²) in [6.07, 6.45) is 0. The molecule has 0 fully saturated rings. The first-order valence-electron chi connectivity index (χ1n) is 23.0. The minimum Gasteiger partial charge on any atom is -0.310 e. The lowest BCUT2D eigenvalue weighted by molar-refractivity contribution is 0.660. The highest BCUT2D eigenvalue weighted by molar-refractivity contribution is 7.99. The first kappa shape index (κ1) is 38.8. The largest absolute Gasteiger partial charge is 0.310 e. The average molecular weight is 860 g/mol. The Balaban J connectivity index is 0.977. The van der Waals surface area contributed by atoms with Crippen molar-refractivity contribution in [2.75, 3.05) is 4.90 Å². The summed E-state index contributed by atoms with van der Waals surface area (Å²) in [5.74, 6) is 0. The molecule has 0 saturated carbocycles. The number of hydrogen-bond donors (Lipinski definition) is 0. The Morgan fingerprint density at radius 3 is 1.38 bits per heavy atom. The van der Waals surface area contributed by atoms with Crippen LogP contribution in [0.1, 0.15) is 47.2 Å². The Bertz CT molecular complexity index is 3460. The van der Waals surface area contributed by atoms with Crippen molar-refractivity contribution in [3.63, 3.8) is 0 Å². The SMILES string of the molecule is CC1(C)c2ccccc2-c2ccc(N(c3ccc(-c4ccccc4)cc3)c3ccc(-c4cccc5c4Sc4ccccc4C54c5ccccc5-c5ccccc5-c5ccccc54)cc3)cc21. The van der Waals surface area contributed by atoms with Crippen LogP contribution in [0.15, 0.2) is 246 Å². The molecule has 312 valence electrons. The van der Waals surface area contributed by atoms with Gasteiger partial charge in [-0.2, -0.15) is 0 Å². The molecule has 1 spiro atoms. The van der Waals surface area contributed by atoms with Crippen LogP contribution in [0, 0.1) is 0 Å². The normalized spacial score (nSPS) is 14.1. The molecule has 0 radical (unpaired) electrons. The summed E-state index contributed by atoms with van der Waals surface area (Å²) in [5, 5.41) is 0. The van der Waals surface area contributed by atoms with Crippen LogP contribution in [0.3, 0.4) is 0 Å². The molecule has 0 atom stereocenters. The van der Waals surface area contributed by atoms with Crippen LogP contribution < -0.4 is 4.90 Å². The molecule has 1 aliphatic heterocycles.